The summed E-state index contributed by atoms with van der Waals surface area (Å²) in [6, 6.07) is -0.836. The lowest BCUT2D eigenvalue weighted by Gasteiger charge is -2.20. The zero-order chi connectivity index (χ0) is 10.5. The van der Waals surface area contributed by atoms with Crippen LogP contribution in [0.4, 0.5) is 0 Å². The fourth-order valence-corrected chi connectivity index (χ4v) is 1.74. The number of nitrogens with two attached hydrogens (primary N) is 1. The molecule has 0 heterocycles. The highest BCUT2D eigenvalue weighted by Gasteiger charge is 2.19. The van der Waals surface area contributed by atoms with E-state index in [9.17, 15) is 9.90 Å². The van der Waals surface area contributed by atoms with Crippen molar-refractivity contribution < 1.29 is 15.0 Å². The summed E-state index contributed by atoms with van der Waals surface area (Å²) in [7, 11) is 0. The molecule has 0 fully saturated rings. The smallest absolute Gasteiger partial charge is 0.321 e. The van der Waals surface area contributed by atoms with E-state index in [0.717, 1.165) is 0 Å². The van der Waals surface area contributed by atoms with E-state index in [-0.39, 0.29) is 0 Å². The van der Waals surface area contributed by atoms with Gasteiger partial charge in [0.2, 0.25) is 0 Å². The minimum absolute atomic E-state index is 0.339. The van der Waals surface area contributed by atoms with Crippen molar-refractivity contribution in [3.05, 3.63) is 0 Å². The van der Waals surface area contributed by atoms with Gasteiger partial charge in [-0.3, -0.25) is 4.79 Å². The molecule has 4 N–H and O–H groups in total. The number of aliphatic carboxylic acids is 1. The van der Waals surface area contributed by atoms with Crippen LogP contribution in [0.3, 0.4) is 0 Å². The van der Waals surface area contributed by atoms with Crippen molar-refractivity contribution in [2.45, 2.75) is 31.9 Å². The Labute approximate surface area is 82.5 Å². The number of aliphatic hydroxyl groups is 1. The van der Waals surface area contributed by atoms with E-state index in [0.29, 0.717) is 17.9 Å². The van der Waals surface area contributed by atoms with Crippen LogP contribution >= 0.6 is 11.8 Å². The third-order valence-corrected chi connectivity index (χ3v) is 3.21. The van der Waals surface area contributed by atoms with Crippen LogP contribution in [0.5, 0.6) is 0 Å². The maximum atomic E-state index is 10.3. The fourth-order valence-electron chi connectivity index (χ4n) is 0.579. The summed E-state index contributed by atoms with van der Waals surface area (Å²) in [6.45, 7) is 3.62. The average Bonchev–Trinajstić information content (AvgIpc) is 2.04. The Morgan fingerprint density at radius 2 is 2.23 bits per heavy atom. The Balaban J connectivity index is 3.62. The first-order chi connectivity index (χ1) is 5.89. The maximum absolute atomic E-state index is 10.3. The molecule has 0 aromatic rings. The third kappa shape index (κ3) is 5.90. The van der Waals surface area contributed by atoms with Gasteiger partial charge in [-0.15, -0.1) is 0 Å². The highest BCUT2D eigenvalue weighted by atomic mass is 32.2. The van der Waals surface area contributed by atoms with Crippen LogP contribution in [-0.4, -0.2) is 39.3 Å². The summed E-state index contributed by atoms with van der Waals surface area (Å²) >= 11 is 1.37. The second kappa shape index (κ2) is 5.47. The first kappa shape index (κ1) is 12.7. The molecule has 0 aliphatic carbocycles. The topological polar surface area (TPSA) is 83.5 Å². The van der Waals surface area contributed by atoms with Crippen molar-refractivity contribution in [3.8, 4) is 0 Å². The second-order valence-corrected chi connectivity index (χ2v) is 4.34. The van der Waals surface area contributed by atoms with Crippen LogP contribution in [0.15, 0.2) is 0 Å². The summed E-state index contributed by atoms with van der Waals surface area (Å²) in [5.41, 5.74) is 4.57. The fraction of sp³-hybridized carbons (Fsp3) is 0.875. The van der Waals surface area contributed by atoms with Crippen molar-refractivity contribution >= 4 is 17.7 Å². The third-order valence-electron chi connectivity index (χ3n) is 1.79. The molecule has 0 saturated carbocycles. The van der Waals surface area contributed by atoms with Crippen molar-refractivity contribution in [3.63, 3.8) is 0 Å². The normalized spacial score (nSPS) is 17.8. The molecule has 0 aliphatic heterocycles. The van der Waals surface area contributed by atoms with Gasteiger partial charge in [0.1, 0.15) is 6.04 Å². The molecule has 0 aromatic carbocycles. The molecule has 78 valence electrons. The molecule has 2 atom stereocenters. The molecule has 2 unspecified atom stereocenters. The average molecular weight is 207 g/mol. The van der Waals surface area contributed by atoms with Crippen LogP contribution < -0.4 is 5.73 Å². The van der Waals surface area contributed by atoms with E-state index in [1.54, 1.807) is 6.92 Å². The van der Waals surface area contributed by atoms with Gasteiger partial charge in [0.15, 0.2) is 0 Å². The number of thioether (sulfide) groups is 1. The number of carboxylic acid groups (broad SMARTS) is 1. The SMILES string of the molecule is CCC(C)(O)CSCC(N)C(=O)O. The van der Waals surface area contributed by atoms with E-state index in [2.05, 4.69) is 0 Å². The molecule has 0 radical (unpaired) electrons. The largest absolute Gasteiger partial charge is 0.480 e. The molecule has 0 rings (SSSR count). The Morgan fingerprint density at radius 3 is 2.62 bits per heavy atom. The van der Waals surface area contributed by atoms with Gasteiger partial charge >= 0.3 is 5.97 Å². The van der Waals surface area contributed by atoms with Gasteiger partial charge in [0, 0.05) is 11.5 Å². The lowest BCUT2D eigenvalue weighted by Crippen LogP contribution is -2.34. The standard InChI is InChI=1S/C8H17NO3S/c1-3-8(2,12)5-13-4-6(9)7(10)11/h6,12H,3-5,9H2,1-2H3,(H,10,11). The molecule has 0 aliphatic rings. The summed E-state index contributed by atoms with van der Waals surface area (Å²) in [6.07, 6.45) is 0.655. The molecule has 0 spiro atoms. The minimum Gasteiger partial charge on any atom is -0.480 e. The van der Waals surface area contributed by atoms with E-state index in [1.807, 2.05) is 6.92 Å². The van der Waals surface area contributed by atoms with Gasteiger partial charge < -0.3 is 15.9 Å². The van der Waals surface area contributed by atoms with Gasteiger partial charge in [-0.2, -0.15) is 11.8 Å². The van der Waals surface area contributed by atoms with Crippen LogP contribution in [0.2, 0.25) is 0 Å². The summed E-state index contributed by atoms with van der Waals surface area (Å²) in [4.78, 5) is 10.3. The van der Waals surface area contributed by atoms with Crippen molar-refractivity contribution in [1.29, 1.82) is 0 Å². The predicted molar refractivity (Wildman–Crippen MR) is 53.9 cm³/mol. The molecular weight excluding hydrogens is 190 g/mol. The number of hydrogen-bond acceptors (Lipinski definition) is 4. The second-order valence-electron chi connectivity index (χ2n) is 3.31. The Bertz CT molecular complexity index is 173. The van der Waals surface area contributed by atoms with Gasteiger partial charge in [-0.25, -0.2) is 0 Å². The lowest BCUT2D eigenvalue weighted by molar-refractivity contribution is -0.137. The summed E-state index contributed by atoms with van der Waals surface area (Å²) in [5.74, 6) is -0.140. The highest BCUT2D eigenvalue weighted by molar-refractivity contribution is 7.99. The molecule has 4 nitrogen and oxygen atoms in total. The van der Waals surface area contributed by atoms with E-state index in [1.165, 1.54) is 11.8 Å². The van der Waals surface area contributed by atoms with Crippen molar-refractivity contribution in [1.82, 2.24) is 0 Å². The van der Waals surface area contributed by atoms with E-state index >= 15 is 0 Å². The number of carbonyl (C=O) groups is 1. The van der Waals surface area contributed by atoms with Crippen molar-refractivity contribution in [2.75, 3.05) is 11.5 Å². The maximum Gasteiger partial charge on any atom is 0.321 e. The van der Waals surface area contributed by atoms with Gasteiger partial charge in [0.05, 0.1) is 5.60 Å². The predicted octanol–water partition coefficient (Wildman–Crippen LogP) is 0.292. The van der Waals surface area contributed by atoms with Gasteiger partial charge in [0.25, 0.3) is 0 Å². The van der Waals surface area contributed by atoms with E-state index < -0.39 is 17.6 Å². The van der Waals surface area contributed by atoms with Crippen LogP contribution in [0.25, 0.3) is 0 Å². The summed E-state index contributed by atoms with van der Waals surface area (Å²) < 4.78 is 0. The van der Waals surface area contributed by atoms with Crippen molar-refractivity contribution in [2.24, 2.45) is 5.73 Å². The number of carboxylic acids is 1. The first-order valence-corrected chi connectivity index (χ1v) is 5.33. The van der Waals surface area contributed by atoms with Crippen LogP contribution in [0, 0.1) is 0 Å². The number of hydrogen-bond donors (Lipinski definition) is 3. The molecule has 0 saturated heterocycles. The van der Waals surface area contributed by atoms with Gasteiger partial charge in [-0.05, 0) is 13.3 Å². The Morgan fingerprint density at radius 1 is 1.69 bits per heavy atom. The number of rotatable bonds is 6. The lowest BCUT2D eigenvalue weighted by atomic mass is 10.1. The molecule has 13 heavy (non-hydrogen) atoms. The Hall–Kier alpha value is -0.260. The highest BCUT2D eigenvalue weighted by Crippen LogP contribution is 2.16. The zero-order valence-corrected chi connectivity index (χ0v) is 8.80. The first-order valence-electron chi connectivity index (χ1n) is 4.17. The van der Waals surface area contributed by atoms with Gasteiger partial charge in [-0.1, -0.05) is 6.92 Å². The van der Waals surface area contributed by atoms with Crippen LogP contribution in [0.1, 0.15) is 20.3 Å². The molecule has 0 amide bonds. The van der Waals surface area contributed by atoms with Crippen LogP contribution in [-0.2, 0) is 4.79 Å². The molecule has 5 heteroatoms. The molecule has 0 bridgehead atoms. The minimum atomic E-state index is -0.997. The quantitative estimate of drug-likeness (QED) is 0.583. The zero-order valence-electron chi connectivity index (χ0n) is 7.99. The van der Waals surface area contributed by atoms with E-state index in [4.69, 9.17) is 10.8 Å². The Kier molecular flexibility index (Phi) is 5.36. The summed E-state index contributed by atoms with van der Waals surface area (Å²) in [5, 5.41) is 18.0. The monoisotopic (exact) mass is 207 g/mol. The molecule has 0 aromatic heterocycles. The molecular formula is C8H17NO3S.